The summed E-state index contributed by atoms with van der Waals surface area (Å²) in [5.41, 5.74) is 2.50. The summed E-state index contributed by atoms with van der Waals surface area (Å²) < 4.78 is 12.7. The molecule has 1 aromatic heterocycles. The summed E-state index contributed by atoms with van der Waals surface area (Å²) >= 11 is 6.32. The van der Waals surface area contributed by atoms with Gasteiger partial charge in [-0.1, -0.05) is 35.9 Å². The van der Waals surface area contributed by atoms with Crippen molar-refractivity contribution in [1.29, 1.82) is 0 Å². The molecule has 6 heteroatoms. The van der Waals surface area contributed by atoms with Crippen LogP contribution in [0.5, 0.6) is 11.5 Å². The number of nitrogens with zero attached hydrogens (tertiary/aromatic N) is 2. The van der Waals surface area contributed by atoms with E-state index in [1.807, 2.05) is 42.6 Å². The number of hydrogen-bond acceptors (Lipinski definition) is 3. The van der Waals surface area contributed by atoms with E-state index in [2.05, 4.69) is 11.1 Å². The van der Waals surface area contributed by atoms with Crippen LogP contribution in [-0.4, -0.2) is 36.1 Å². The molecule has 0 N–H and O–H groups in total. The van der Waals surface area contributed by atoms with Gasteiger partial charge in [0.05, 0.1) is 26.3 Å². The molecule has 156 valence electrons. The van der Waals surface area contributed by atoms with Crippen LogP contribution in [0.1, 0.15) is 21.6 Å². The fourth-order valence-corrected chi connectivity index (χ4v) is 3.47. The second-order valence-electron chi connectivity index (χ2n) is 6.76. The molecule has 1 heterocycles. The lowest BCUT2D eigenvalue weighted by molar-refractivity contribution is 0.0756. The molecular weight excluding hydrogens is 400 g/mol. The monoisotopic (exact) mass is 424 g/mol. The van der Waals surface area contributed by atoms with Gasteiger partial charge < -0.3 is 18.9 Å². The summed E-state index contributed by atoms with van der Waals surface area (Å²) in [4.78, 5) is 15.0. The van der Waals surface area contributed by atoms with Gasteiger partial charge in [0, 0.05) is 36.1 Å². The number of aromatic nitrogens is 1. The van der Waals surface area contributed by atoms with E-state index < -0.39 is 0 Å². The van der Waals surface area contributed by atoms with E-state index in [4.69, 9.17) is 21.1 Å². The number of benzene rings is 2. The van der Waals surface area contributed by atoms with Crippen molar-refractivity contribution in [2.45, 2.75) is 13.1 Å². The molecule has 0 aliphatic rings. The second kappa shape index (κ2) is 10.0. The number of hydrogen-bond donors (Lipinski definition) is 0. The van der Waals surface area contributed by atoms with Gasteiger partial charge in [0.25, 0.3) is 5.91 Å². The molecule has 0 saturated heterocycles. The van der Waals surface area contributed by atoms with Gasteiger partial charge >= 0.3 is 0 Å². The normalized spacial score (nSPS) is 10.5. The Balaban J connectivity index is 1.85. The van der Waals surface area contributed by atoms with Crippen LogP contribution in [0.25, 0.3) is 0 Å². The first kappa shape index (κ1) is 21.5. The summed E-state index contributed by atoms with van der Waals surface area (Å²) in [5, 5.41) is 0.721. The minimum absolute atomic E-state index is 0.139. The first-order valence-corrected chi connectivity index (χ1v) is 9.94. The second-order valence-corrected chi connectivity index (χ2v) is 7.17. The maximum absolute atomic E-state index is 13.3. The Bertz CT molecular complexity index is 1030. The van der Waals surface area contributed by atoms with Gasteiger partial charge in [0.15, 0.2) is 0 Å². The van der Waals surface area contributed by atoms with Crippen LogP contribution in [-0.2, 0) is 13.1 Å². The molecule has 30 heavy (non-hydrogen) atoms. The molecule has 0 bridgehead atoms. The molecule has 3 aromatic rings. The van der Waals surface area contributed by atoms with E-state index in [-0.39, 0.29) is 5.91 Å². The average molecular weight is 425 g/mol. The smallest absolute Gasteiger partial charge is 0.258 e. The standard InChI is InChI=1S/C24H25ClN2O3/c1-4-13-27(24(28)21-12-11-20(29-2)15-23(21)30-3)17-19-9-7-14-26(19)16-18-8-5-6-10-22(18)25/h4-12,14-15H,1,13,16-17H2,2-3H3. The minimum Gasteiger partial charge on any atom is -0.497 e. The Kier molecular flexibility index (Phi) is 7.20. The highest BCUT2D eigenvalue weighted by Crippen LogP contribution is 2.26. The quantitative estimate of drug-likeness (QED) is 0.452. The highest BCUT2D eigenvalue weighted by Gasteiger charge is 2.21. The molecule has 0 aliphatic carbocycles. The fraction of sp³-hybridized carbons (Fsp3) is 0.208. The van der Waals surface area contributed by atoms with Crippen LogP contribution in [0.3, 0.4) is 0 Å². The molecule has 1 amide bonds. The van der Waals surface area contributed by atoms with Gasteiger partial charge in [-0.3, -0.25) is 4.79 Å². The van der Waals surface area contributed by atoms with Crippen LogP contribution in [0.2, 0.25) is 5.02 Å². The molecule has 5 nitrogen and oxygen atoms in total. The van der Waals surface area contributed by atoms with Crippen molar-refractivity contribution in [3.63, 3.8) is 0 Å². The van der Waals surface area contributed by atoms with E-state index in [1.54, 1.807) is 36.3 Å². The Hall–Kier alpha value is -3.18. The Morgan fingerprint density at radius 2 is 1.93 bits per heavy atom. The van der Waals surface area contributed by atoms with Crippen LogP contribution >= 0.6 is 11.6 Å². The zero-order valence-corrected chi connectivity index (χ0v) is 17.9. The third-order valence-electron chi connectivity index (χ3n) is 4.85. The third-order valence-corrected chi connectivity index (χ3v) is 5.22. The van der Waals surface area contributed by atoms with Crippen molar-refractivity contribution in [2.24, 2.45) is 0 Å². The summed E-state index contributed by atoms with van der Waals surface area (Å²) in [6.45, 7) is 5.27. The first-order valence-electron chi connectivity index (χ1n) is 9.57. The average Bonchev–Trinajstić information content (AvgIpc) is 3.20. The number of methoxy groups -OCH3 is 2. The van der Waals surface area contributed by atoms with E-state index in [0.29, 0.717) is 36.7 Å². The Labute approximate surface area is 182 Å². The number of halogens is 1. The van der Waals surface area contributed by atoms with Crippen molar-refractivity contribution < 1.29 is 14.3 Å². The lowest BCUT2D eigenvalue weighted by Gasteiger charge is -2.23. The van der Waals surface area contributed by atoms with Gasteiger partial charge in [-0.05, 0) is 35.9 Å². The molecule has 2 aromatic carbocycles. The number of rotatable bonds is 9. The highest BCUT2D eigenvalue weighted by molar-refractivity contribution is 6.31. The molecule has 0 fully saturated rings. The van der Waals surface area contributed by atoms with E-state index >= 15 is 0 Å². The fourth-order valence-electron chi connectivity index (χ4n) is 3.27. The van der Waals surface area contributed by atoms with E-state index in [0.717, 1.165) is 16.3 Å². The van der Waals surface area contributed by atoms with Gasteiger partial charge in [0.2, 0.25) is 0 Å². The molecule has 0 aliphatic heterocycles. The van der Waals surface area contributed by atoms with Gasteiger partial charge in [-0.15, -0.1) is 6.58 Å². The SMILES string of the molecule is C=CCN(Cc1cccn1Cc1ccccc1Cl)C(=O)c1ccc(OC)cc1OC. The molecule has 0 saturated carbocycles. The van der Waals surface area contributed by atoms with Crippen molar-refractivity contribution in [3.05, 3.63) is 95.3 Å². The molecule has 0 spiro atoms. The maximum atomic E-state index is 13.3. The minimum atomic E-state index is -0.139. The lowest BCUT2D eigenvalue weighted by Crippen LogP contribution is -2.32. The lowest BCUT2D eigenvalue weighted by atomic mass is 10.1. The molecule has 0 atom stereocenters. The predicted octanol–water partition coefficient (Wildman–Crippen LogP) is 5.04. The summed E-state index contributed by atoms with van der Waals surface area (Å²) in [6, 6.07) is 16.9. The predicted molar refractivity (Wildman–Crippen MR) is 119 cm³/mol. The number of carbonyl (C=O) groups excluding carboxylic acids is 1. The van der Waals surface area contributed by atoms with Crippen molar-refractivity contribution in [3.8, 4) is 11.5 Å². The van der Waals surface area contributed by atoms with Gasteiger partial charge in [-0.2, -0.15) is 0 Å². The summed E-state index contributed by atoms with van der Waals surface area (Å²) in [7, 11) is 3.12. The molecule has 3 rings (SSSR count). The van der Waals surface area contributed by atoms with Crippen LogP contribution in [0.15, 0.2) is 73.4 Å². The van der Waals surface area contributed by atoms with Crippen molar-refractivity contribution in [2.75, 3.05) is 20.8 Å². The maximum Gasteiger partial charge on any atom is 0.258 e. The summed E-state index contributed by atoms with van der Waals surface area (Å²) in [5.74, 6) is 0.965. The largest absolute Gasteiger partial charge is 0.497 e. The molecule has 0 radical (unpaired) electrons. The third kappa shape index (κ3) is 4.86. The van der Waals surface area contributed by atoms with Crippen molar-refractivity contribution in [1.82, 2.24) is 9.47 Å². The topological polar surface area (TPSA) is 43.7 Å². The number of carbonyl (C=O) groups is 1. The van der Waals surface area contributed by atoms with Gasteiger partial charge in [-0.25, -0.2) is 0 Å². The highest BCUT2D eigenvalue weighted by atomic mass is 35.5. The Morgan fingerprint density at radius 1 is 1.13 bits per heavy atom. The zero-order valence-electron chi connectivity index (χ0n) is 17.2. The van der Waals surface area contributed by atoms with Crippen LogP contribution in [0.4, 0.5) is 0 Å². The zero-order chi connectivity index (χ0) is 21.5. The van der Waals surface area contributed by atoms with Crippen molar-refractivity contribution >= 4 is 17.5 Å². The molecular formula is C24H25ClN2O3. The van der Waals surface area contributed by atoms with Crippen LogP contribution in [0, 0.1) is 0 Å². The molecule has 0 unspecified atom stereocenters. The van der Waals surface area contributed by atoms with E-state index in [1.165, 1.54) is 7.11 Å². The van der Waals surface area contributed by atoms with Gasteiger partial charge in [0.1, 0.15) is 11.5 Å². The van der Waals surface area contributed by atoms with E-state index in [9.17, 15) is 4.79 Å². The summed E-state index contributed by atoms with van der Waals surface area (Å²) in [6.07, 6.45) is 3.71. The number of ether oxygens (including phenoxy) is 2. The first-order chi connectivity index (χ1) is 14.6. The Morgan fingerprint density at radius 3 is 2.63 bits per heavy atom. The number of amides is 1. The van der Waals surface area contributed by atoms with Crippen LogP contribution < -0.4 is 9.47 Å².